The second-order valence-corrected chi connectivity index (χ2v) is 6.85. The molecule has 0 saturated heterocycles. The molecule has 23 heavy (non-hydrogen) atoms. The summed E-state index contributed by atoms with van der Waals surface area (Å²) in [6.45, 7) is 4.40. The van der Waals surface area contributed by atoms with E-state index in [1.165, 1.54) is 38.5 Å². The molecule has 0 bridgehead atoms. The highest BCUT2D eigenvalue weighted by Gasteiger charge is 2.24. The second-order valence-electron chi connectivity index (χ2n) is 6.85. The highest BCUT2D eigenvalue weighted by atomic mass is 16.5. The zero-order chi connectivity index (χ0) is 16.9. The quantitative estimate of drug-likeness (QED) is 0.453. The molecular formula is C19H35NO3. The summed E-state index contributed by atoms with van der Waals surface area (Å²) in [6.07, 6.45) is 13.8. The summed E-state index contributed by atoms with van der Waals surface area (Å²) < 4.78 is 5.27. The molecular weight excluding hydrogens is 290 g/mol. The minimum absolute atomic E-state index is 0.0186. The topological polar surface area (TPSA) is 55.4 Å². The van der Waals surface area contributed by atoms with Crippen molar-refractivity contribution >= 4 is 11.9 Å². The van der Waals surface area contributed by atoms with E-state index in [9.17, 15) is 9.59 Å². The monoisotopic (exact) mass is 325 g/mol. The van der Waals surface area contributed by atoms with Crippen molar-refractivity contribution < 1.29 is 14.3 Å². The number of hydrogen-bond acceptors (Lipinski definition) is 3. The maximum atomic E-state index is 12.1. The van der Waals surface area contributed by atoms with Crippen LogP contribution in [0.4, 0.5) is 0 Å². The van der Waals surface area contributed by atoms with Crippen LogP contribution in [0.3, 0.4) is 0 Å². The van der Waals surface area contributed by atoms with Gasteiger partial charge in [-0.2, -0.15) is 0 Å². The van der Waals surface area contributed by atoms with Gasteiger partial charge in [0, 0.05) is 5.92 Å². The van der Waals surface area contributed by atoms with Crippen molar-refractivity contribution in [3.63, 3.8) is 0 Å². The van der Waals surface area contributed by atoms with Crippen LogP contribution < -0.4 is 5.32 Å². The molecule has 0 heterocycles. The molecule has 134 valence electrons. The van der Waals surface area contributed by atoms with E-state index in [0.717, 1.165) is 38.5 Å². The molecule has 1 atom stereocenters. The fourth-order valence-corrected chi connectivity index (χ4v) is 3.11. The van der Waals surface area contributed by atoms with Crippen LogP contribution >= 0.6 is 0 Å². The Morgan fingerprint density at radius 3 is 2.26 bits per heavy atom. The molecule has 1 aliphatic carbocycles. The maximum absolute atomic E-state index is 12.1. The first-order valence-electron chi connectivity index (χ1n) is 9.62. The Labute approximate surface area is 141 Å². The van der Waals surface area contributed by atoms with E-state index in [1.807, 2.05) is 0 Å². The Bertz CT molecular complexity index is 338. The van der Waals surface area contributed by atoms with Crippen molar-refractivity contribution in [3.8, 4) is 0 Å². The van der Waals surface area contributed by atoms with E-state index >= 15 is 0 Å². The lowest BCUT2D eigenvalue weighted by Gasteiger charge is -2.22. The molecule has 1 fully saturated rings. The standard InChI is InChI=1S/C19H35NO3/c1-3-4-5-6-7-8-12-15-23-19(22)16(2)20-18(21)17-13-10-9-11-14-17/h16-17H,3-15H2,1-2H3,(H,20,21). The Kier molecular flexibility index (Phi) is 10.8. The van der Waals surface area contributed by atoms with Gasteiger partial charge in [-0.15, -0.1) is 0 Å². The number of carbonyl (C=O) groups excluding carboxylic acids is 2. The van der Waals surface area contributed by atoms with Gasteiger partial charge in [-0.3, -0.25) is 4.79 Å². The van der Waals surface area contributed by atoms with Gasteiger partial charge in [-0.05, 0) is 26.2 Å². The smallest absolute Gasteiger partial charge is 0.328 e. The molecule has 1 aliphatic rings. The number of esters is 1. The molecule has 1 N–H and O–H groups in total. The SMILES string of the molecule is CCCCCCCCCOC(=O)C(C)NC(=O)C1CCCCC1. The predicted molar refractivity (Wildman–Crippen MR) is 93.1 cm³/mol. The van der Waals surface area contributed by atoms with Crippen molar-refractivity contribution in [1.29, 1.82) is 0 Å². The van der Waals surface area contributed by atoms with Crippen molar-refractivity contribution in [2.75, 3.05) is 6.61 Å². The average molecular weight is 325 g/mol. The van der Waals surface area contributed by atoms with E-state index in [-0.39, 0.29) is 17.8 Å². The summed E-state index contributed by atoms with van der Waals surface area (Å²) in [7, 11) is 0. The van der Waals surface area contributed by atoms with Gasteiger partial charge in [0.15, 0.2) is 0 Å². The molecule has 1 rings (SSSR count). The Hall–Kier alpha value is -1.06. The molecule has 1 saturated carbocycles. The Morgan fingerprint density at radius 2 is 1.61 bits per heavy atom. The fourth-order valence-electron chi connectivity index (χ4n) is 3.11. The van der Waals surface area contributed by atoms with Crippen molar-refractivity contribution in [1.82, 2.24) is 5.32 Å². The number of amides is 1. The van der Waals surface area contributed by atoms with Gasteiger partial charge in [0.25, 0.3) is 0 Å². The van der Waals surface area contributed by atoms with Crippen LogP contribution in [0.15, 0.2) is 0 Å². The van der Waals surface area contributed by atoms with E-state index < -0.39 is 6.04 Å². The normalized spacial score (nSPS) is 16.8. The van der Waals surface area contributed by atoms with Gasteiger partial charge < -0.3 is 10.1 Å². The summed E-state index contributed by atoms with van der Waals surface area (Å²) in [5, 5.41) is 2.81. The van der Waals surface area contributed by atoms with Crippen molar-refractivity contribution in [3.05, 3.63) is 0 Å². The lowest BCUT2D eigenvalue weighted by molar-refractivity contribution is -0.148. The molecule has 1 unspecified atom stereocenters. The minimum Gasteiger partial charge on any atom is -0.464 e. The van der Waals surface area contributed by atoms with Gasteiger partial charge in [-0.25, -0.2) is 4.79 Å². The molecule has 1 amide bonds. The number of unbranched alkanes of at least 4 members (excludes halogenated alkanes) is 6. The summed E-state index contributed by atoms with van der Waals surface area (Å²) in [5.74, 6) is -0.202. The van der Waals surface area contributed by atoms with E-state index in [0.29, 0.717) is 6.61 Å². The minimum atomic E-state index is -0.533. The van der Waals surface area contributed by atoms with Crippen LogP contribution in [0.2, 0.25) is 0 Å². The third kappa shape index (κ3) is 8.97. The first kappa shape index (κ1) is 20.0. The zero-order valence-corrected chi connectivity index (χ0v) is 15.1. The Balaban J connectivity index is 2.05. The second kappa shape index (κ2) is 12.4. The number of nitrogens with one attached hydrogen (secondary N) is 1. The largest absolute Gasteiger partial charge is 0.464 e. The highest BCUT2D eigenvalue weighted by Crippen LogP contribution is 2.23. The Morgan fingerprint density at radius 1 is 1.00 bits per heavy atom. The number of hydrogen-bond donors (Lipinski definition) is 1. The molecule has 0 aliphatic heterocycles. The number of rotatable bonds is 11. The number of ether oxygens (including phenoxy) is 1. The summed E-state index contributed by atoms with van der Waals surface area (Å²) in [5.41, 5.74) is 0. The average Bonchev–Trinajstić information content (AvgIpc) is 2.57. The van der Waals surface area contributed by atoms with Gasteiger partial charge in [-0.1, -0.05) is 64.7 Å². The van der Waals surface area contributed by atoms with Gasteiger partial charge >= 0.3 is 5.97 Å². The molecule has 0 spiro atoms. The maximum Gasteiger partial charge on any atom is 0.328 e. The van der Waals surface area contributed by atoms with Crippen LogP contribution in [-0.4, -0.2) is 24.5 Å². The zero-order valence-electron chi connectivity index (χ0n) is 15.1. The molecule has 4 heteroatoms. The van der Waals surface area contributed by atoms with E-state index in [2.05, 4.69) is 12.2 Å². The van der Waals surface area contributed by atoms with Crippen LogP contribution in [0.1, 0.15) is 90.9 Å². The third-order valence-corrected chi connectivity index (χ3v) is 4.68. The lowest BCUT2D eigenvalue weighted by atomic mass is 9.88. The van der Waals surface area contributed by atoms with Gasteiger partial charge in [0.1, 0.15) is 6.04 Å². The molecule has 0 aromatic carbocycles. The summed E-state index contributed by atoms with van der Waals surface area (Å²) in [4.78, 5) is 24.0. The molecule has 0 aromatic heterocycles. The van der Waals surface area contributed by atoms with Gasteiger partial charge in [0.2, 0.25) is 5.91 Å². The van der Waals surface area contributed by atoms with E-state index in [4.69, 9.17) is 4.74 Å². The summed E-state index contributed by atoms with van der Waals surface area (Å²) in [6, 6.07) is -0.533. The predicted octanol–water partition coefficient (Wildman–Crippen LogP) is 4.37. The lowest BCUT2D eigenvalue weighted by Crippen LogP contribution is -2.43. The van der Waals surface area contributed by atoms with Crippen LogP contribution in [0, 0.1) is 5.92 Å². The highest BCUT2D eigenvalue weighted by molar-refractivity contribution is 5.85. The fraction of sp³-hybridized carbons (Fsp3) is 0.895. The van der Waals surface area contributed by atoms with E-state index in [1.54, 1.807) is 6.92 Å². The van der Waals surface area contributed by atoms with Crippen molar-refractivity contribution in [2.24, 2.45) is 5.92 Å². The molecule has 0 radical (unpaired) electrons. The first-order chi connectivity index (χ1) is 11.1. The third-order valence-electron chi connectivity index (χ3n) is 4.68. The number of carbonyl (C=O) groups is 2. The van der Waals surface area contributed by atoms with Crippen molar-refractivity contribution in [2.45, 2.75) is 96.9 Å². The van der Waals surface area contributed by atoms with Gasteiger partial charge in [0.05, 0.1) is 6.61 Å². The van der Waals surface area contributed by atoms with Crippen LogP contribution in [0.25, 0.3) is 0 Å². The first-order valence-corrected chi connectivity index (χ1v) is 9.62. The molecule has 4 nitrogen and oxygen atoms in total. The van der Waals surface area contributed by atoms with Crippen LogP contribution in [-0.2, 0) is 14.3 Å². The van der Waals surface area contributed by atoms with Crippen LogP contribution in [0.5, 0.6) is 0 Å². The molecule has 0 aromatic rings. The summed E-state index contributed by atoms with van der Waals surface area (Å²) >= 11 is 0.